The highest BCUT2D eigenvalue weighted by Crippen LogP contribution is 2.32. The quantitative estimate of drug-likeness (QED) is 0.485. The van der Waals surface area contributed by atoms with Gasteiger partial charge in [0.25, 0.3) is 0 Å². The van der Waals surface area contributed by atoms with E-state index in [1.807, 2.05) is 0 Å². The lowest BCUT2D eigenvalue weighted by molar-refractivity contribution is -0.157. The van der Waals surface area contributed by atoms with Gasteiger partial charge in [-0.1, -0.05) is 11.6 Å². The zero-order chi connectivity index (χ0) is 14.5. The Balaban J connectivity index is 2.05. The van der Waals surface area contributed by atoms with E-state index in [1.54, 1.807) is 25.3 Å². The van der Waals surface area contributed by atoms with Crippen molar-refractivity contribution in [2.45, 2.75) is 25.9 Å². The molecule has 6 heteroatoms. The number of carbonyl (C=O) groups excluding carboxylic acids is 2. The molecule has 0 aromatic carbocycles. The monoisotopic (exact) mass is 297 g/mol. The average molecular weight is 298 g/mol. The van der Waals surface area contributed by atoms with Crippen molar-refractivity contribution in [3.8, 4) is 0 Å². The van der Waals surface area contributed by atoms with Crippen LogP contribution in [0.3, 0.4) is 0 Å². The fraction of sp³-hybridized carbons (Fsp3) is 0.500. The molecule has 1 saturated heterocycles. The van der Waals surface area contributed by atoms with E-state index in [4.69, 9.17) is 21.1 Å². The largest absolute Gasteiger partial charge is 0.460 e. The summed E-state index contributed by atoms with van der Waals surface area (Å²) in [4.78, 5) is 27.4. The zero-order valence-electron chi connectivity index (χ0n) is 11.2. The predicted molar refractivity (Wildman–Crippen MR) is 72.3 cm³/mol. The SMILES string of the molecule is CCOC(=O)C(=O)C1CCOC(c2ccnc(Cl)c2)C1. The van der Waals surface area contributed by atoms with Gasteiger partial charge >= 0.3 is 5.97 Å². The van der Waals surface area contributed by atoms with E-state index in [1.165, 1.54) is 0 Å². The molecule has 5 nitrogen and oxygen atoms in total. The Kier molecular flexibility index (Phi) is 5.09. The molecule has 1 fully saturated rings. The number of hydrogen-bond donors (Lipinski definition) is 0. The molecule has 0 bridgehead atoms. The molecule has 1 aliphatic heterocycles. The Morgan fingerprint density at radius 2 is 2.35 bits per heavy atom. The van der Waals surface area contributed by atoms with Gasteiger partial charge < -0.3 is 9.47 Å². The molecule has 0 aliphatic carbocycles. The van der Waals surface area contributed by atoms with Crippen LogP contribution in [-0.4, -0.2) is 30.0 Å². The molecule has 108 valence electrons. The Morgan fingerprint density at radius 1 is 1.55 bits per heavy atom. The Morgan fingerprint density at radius 3 is 3.05 bits per heavy atom. The van der Waals surface area contributed by atoms with Crippen LogP contribution < -0.4 is 0 Å². The number of carbonyl (C=O) groups is 2. The topological polar surface area (TPSA) is 65.5 Å². The van der Waals surface area contributed by atoms with Gasteiger partial charge in [-0.2, -0.15) is 0 Å². The molecule has 2 rings (SSSR count). The summed E-state index contributed by atoms with van der Waals surface area (Å²) < 4.78 is 10.4. The number of aromatic nitrogens is 1. The van der Waals surface area contributed by atoms with Crippen LogP contribution >= 0.6 is 11.6 Å². The van der Waals surface area contributed by atoms with Crippen molar-refractivity contribution in [1.82, 2.24) is 4.98 Å². The summed E-state index contributed by atoms with van der Waals surface area (Å²) in [6.45, 7) is 2.31. The van der Waals surface area contributed by atoms with E-state index >= 15 is 0 Å². The summed E-state index contributed by atoms with van der Waals surface area (Å²) in [5, 5.41) is 0.380. The summed E-state index contributed by atoms with van der Waals surface area (Å²) in [6.07, 6.45) is 2.34. The number of ether oxygens (including phenoxy) is 2. The first kappa shape index (κ1) is 14.9. The van der Waals surface area contributed by atoms with E-state index < -0.39 is 11.8 Å². The van der Waals surface area contributed by atoms with Crippen molar-refractivity contribution in [2.24, 2.45) is 5.92 Å². The van der Waals surface area contributed by atoms with Gasteiger partial charge in [0, 0.05) is 18.7 Å². The molecule has 0 amide bonds. The maximum atomic E-state index is 12.0. The molecule has 1 aromatic heterocycles. The Hall–Kier alpha value is -1.46. The van der Waals surface area contributed by atoms with E-state index in [-0.39, 0.29) is 18.6 Å². The number of nitrogens with zero attached hydrogens (tertiary/aromatic N) is 1. The van der Waals surface area contributed by atoms with Crippen molar-refractivity contribution in [1.29, 1.82) is 0 Å². The summed E-state index contributed by atoms with van der Waals surface area (Å²) in [7, 11) is 0. The van der Waals surface area contributed by atoms with E-state index in [0.29, 0.717) is 24.6 Å². The predicted octanol–water partition coefficient (Wildman–Crippen LogP) is 2.33. The van der Waals surface area contributed by atoms with Crippen molar-refractivity contribution >= 4 is 23.4 Å². The highest BCUT2D eigenvalue weighted by molar-refractivity contribution is 6.34. The summed E-state index contributed by atoms with van der Waals surface area (Å²) >= 11 is 5.85. The third-order valence-electron chi connectivity index (χ3n) is 3.25. The molecule has 0 saturated carbocycles. The highest BCUT2D eigenvalue weighted by atomic mass is 35.5. The van der Waals surface area contributed by atoms with Gasteiger partial charge in [-0.25, -0.2) is 9.78 Å². The van der Waals surface area contributed by atoms with Crippen molar-refractivity contribution < 1.29 is 19.1 Å². The fourth-order valence-electron chi connectivity index (χ4n) is 2.25. The number of hydrogen-bond acceptors (Lipinski definition) is 5. The maximum absolute atomic E-state index is 12.0. The molecule has 1 aliphatic rings. The van der Waals surface area contributed by atoms with Crippen molar-refractivity contribution in [3.05, 3.63) is 29.0 Å². The van der Waals surface area contributed by atoms with E-state index in [9.17, 15) is 9.59 Å². The second-order valence-corrected chi connectivity index (χ2v) is 4.96. The molecule has 2 atom stereocenters. The molecule has 2 unspecified atom stereocenters. The first-order valence-electron chi connectivity index (χ1n) is 6.55. The third kappa shape index (κ3) is 3.55. The fourth-order valence-corrected chi connectivity index (χ4v) is 2.44. The zero-order valence-corrected chi connectivity index (χ0v) is 11.9. The van der Waals surface area contributed by atoms with Gasteiger partial charge in [0.15, 0.2) is 0 Å². The van der Waals surface area contributed by atoms with Gasteiger partial charge in [0.2, 0.25) is 5.78 Å². The minimum atomic E-state index is -0.758. The molecular weight excluding hydrogens is 282 g/mol. The number of ketones is 1. The lowest BCUT2D eigenvalue weighted by Gasteiger charge is -2.28. The number of halogens is 1. The Bertz CT molecular complexity index is 506. The standard InChI is InChI=1S/C14H16ClNO4/c1-2-19-14(18)13(17)10-4-6-20-11(7-10)9-3-5-16-12(15)8-9/h3,5,8,10-11H,2,4,6-7H2,1H3. The maximum Gasteiger partial charge on any atom is 0.374 e. The van der Waals surface area contributed by atoms with Crippen LogP contribution in [0.4, 0.5) is 0 Å². The third-order valence-corrected chi connectivity index (χ3v) is 3.46. The van der Waals surface area contributed by atoms with Crippen LogP contribution in [0.15, 0.2) is 18.3 Å². The molecule has 1 aromatic rings. The number of esters is 1. The molecule has 0 N–H and O–H groups in total. The van der Waals surface area contributed by atoms with Crippen LogP contribution in [0.25, 0.3) is 0 Å². The second kappa shape index (κ2) is 6.81. The second-order valence-electron chi connectivity index (χ2n) is 4.58. The average Bonchev–Trinajstić information content (AvgIpc) is 2.47. The molecule has 2 heterocycles. The minimum absolute atomic E-state index is 0.206. The number of rotatable bonds is 4. The summed E-state index contributed by atoms with van der Waals surface area (Å²) in [5.41, 5.74) is 0.867. The van der Waals surface area contributed by atoms with Gasteiger partial charge in [0.05, 0.1) is 12.7 Å². The van der Waals surface area contributed by atoms with Gasteiger partial charge in [0.1, 0.15) is 5.15 Å². The first-order valence-corrected chi connectivity index (χ1v) is 6.93. The minimum Gasteiger partial charge on any atom is -0.460 e. The Labute approximate surface area is 122 Å². The van der Waals surface area contributed by atoms with Gasteiger partial charge in [-0.3, -0.25) is 4.79 Å². The molecular formula is C14H16ClNO4. The first-order chi connectivity index (χ1) is 9.61. The number of Topliss-reactive ketones (excluding diaryl/α,β-unsaturated/α-hetero) is 1. The lowest BCUT2D eigenvalue weighted by atomic mass is 9.89. The van der Waals surface area contributed by atoms with Crippen molar-refractivity contribution in [3.63, 3.8) is 0 Å². The molecule has 0 radical (unpaired) electrons. The van der Waals surface area contributed by atoms with Crippen molar-refractivity contribution in [2.75, 3.05) is 13.2 Å². The molecule has 0 spiro atoms. The van der Waals surface area contributed by atoms with Crippen LogP contribution in [0, 0.1) is 5.92 Å². The van der Waals surface area contributed by atoms with Gasteiger partial charge in [-0.05, 0) is 37.5 Å². The van der Waals surface area contributed by atoms with Crippen LogP contribution in [0.2, 0.25) is 5.15 Å². The summed E-state index contributed by atoms with van der Waals surface area (Å²) in [5.74, 6) is -1.59. The van der Waals surface area contributed by atoms with Crippen LogP contribution in [0.1, 0.15) is 31.4 Å². The van der Waals surface area contributed by atoms with Crippen LogP contribution in [0.5, 0.6) is 0 Å². The van der Waals surface area contributed by atoms with Crippen LogP contribution in [-0.2, 0) is 19.1 Å². The highest BCUT2D eigenvalue weighted by Gasteiger charge is 2.33. The van der Waals surface area contributed by atoms with Gasteiger partial charge in [-0.15, -0.1) is 0 Å². The molecule has 20 heavy (non-hydrogen) atoms. The van der Waals surface area contributed by atoms with E-state index in [2.05, 4.69) is 4.98 Å². The lowest BCUT2D eigenvalue weighted by Crippen LogP contribution is -2.31. The number of pyridine rings is 1. The smallest absolute Gasteiger partial charge is 0.374 e. The normalized spacial score (nSPS) is 22.3. The van der Waals surface area contributed by atoms with E-state index in [0.717, 1.165) is 5.56 Å². The summed E-state index contributed by atoms with van der Waals surface area (Å²) in [6, 6.07) is 3.51.